The van der Waals surface area contributed by atoms with Crippen LogP contribution in [-0.4, -0.2) is 29.4 Å². The van der Waals surface area contributed by atoms with Gasteiger partial charge in [-0.1, -0.05) is 23.7 Å². The topological polar surface area (TPSA) is 96.5 Å². The summed E-state index contributed by atoms with van der Waals surface area (Å²) in [6.07, 6.45) is 0. The Bertz CT molecular complexity index is 848. The number of ether oxygens (including phenoxy) is 1. The zero-order chi connectivity index (χ0) is 18.4. The van der Waals surface area contributed by atoms with Gasteiger partial charge in [-0.05, 0) is 23.8 Å². The normalized spacial score (nSPS) is 9.96. The van der Waals surface area contributed by atoms with Crippen molar-refractivity contribution < 1.29 is 14.5 Å². The van der Waals surface area contributed by atoms with Gasteiger partial charge in [0.2, 0.25) is 0 Å². The molecular weight excluding hydrogens is 346 g/mol. The first-order valence-corrected chi connectivity index (χ1v) is 7.59. The van der Waals surface area contributed by atoms with Crippen molar-refractivity contribution in [1.29, 1.82) is 5.26 Å². The summed E-state index contributed by atoms with van der Waals surface area (Å²) in [5.41, 5.74) is 0.697. The molecule has 128 valence electrons. The number of carbonyl (C=O) groups excluding carboxylic acids is 1. The molecule has 0 heterocycles. The summed E-state index contributed by atoms with van der Waals surface area (Å²) in [6, 6.07) is 12.6. The Labute approximate surface area is 149 Å². The standard InChI is InChI=1S/C17H14ClN3O4/c1-20(10-13-8-14(21(23)24)6-7-15(13)18)17(22)11-25-16-5-3-2-4-12(16)9-19/h2-8H,10-11H2,1H3. The van der Waals surface area contributed by atoms with Crippen molar-refractivity contribution in [3.05, 3.63) is 68.7 Å². The van der Waals surface area contributed by atoms with Gasteiger partial charge < -0.3 is 9.64 Å². The van der Waals surface area contributed by atoms with Gasteiger partial charge in [0, 0.05) is 30.7 Å². The maximum atomic E-state index is 12.2. The minimum Gasteiger partial charge on any atom is -0.482 e. The van der Waals surface area contributed by atoms with E-state index in [-0.39, 0.29) is 24.7 Å². The van der Waals surface area contributed by atoms with Crippen LogP contribution in [-0.2, 0) is 11.3 Å². The second-order valence-corrected chi connectivity index (χ2v) is 5.59. The van der Waals surface area contributed by atoms with Gasteiger partial charge in [0.1, 0.15) is 11.8 Å². The molecule has 0 saturated heterocycles. The Hall–Kier alpha value is -3.11. The Morgan fingerprint density at radius 3 is 2.76 bits per heavy atom. The van der Waals surface area contributed by atoms with Gasteiger partial charge in [0.25, 0.3) is 11.6 Å². The van der Waals surface area contributed by atoms with E-state index in [1.165, 1.54) is 30.1 Å². The highest BCUT2D eigenvalue weighted by Gasteiger charge is 2.15. The largest absolute Gasteiger partial charge is 0.482 e. The van der Waals surface area contributed by atoms with Crippen molar-refractivity contribution in [2.75, 3.05) is 13.7 Å². The summed E-state index contributed by atoms with van der Waals surface area (Å²) >= 11 is 6.03. The predicted octanol–water partition coefficient (Wildman–Crippen LogP) is 3.16. The fourth-order valence-electron chi connectivity index (χ4n) is 2.07. The Kier molecular flexibility index (Phi) is 5.93. The van der Waals surface area contributed by atoms with E-state index in [4.69, 9.17) is 21.6 Å². The maximum Gasteiger partial charge on any atom is 0.269 e. The molecule has 2 aromatic rings. The van der Waals surface area contributed by atoms with Crippen LogP contribution in [0.5, 0.6) is 5.75 Å². The number of benzene rings is 2. The average molecular weight is 360 g/mol. The molecular formula is C17H14ClN3O4. The van der Waals surface area contributed by atoms with Crippen molar-refractivity contribution in [3.8, 4) is 11.8 Å². The predicted molar refractivity (Wildman–Crippen MR) is 91.2 cm³/mol. The number of amides is 1. The lowest BCUT2D eigenvalue weighted by molar-refractivity contribution is -0.384. The van der Waals surface area contributed by atoms with E-state index < -0.39 is 4.92 Å². The van der Waals surface area contributed by atoms with Crippen LogP contribution in [0.15, 0.2) is 42.5 Å². The van der Waals surface area contributed by atoms with Crippen LogP contribution >= 0.6 is 11.6 Å². The molecule has 0 saturated carbocycles. The molecule has 0 spiro atoms. The second kappa shape index (κ2) is 8.13. The molecule has 0 N–H and O–H groups in total. The van der Waals surface area contributed by atoms with Gasteiger partial charge in [-0.3, -0.25) is 14.9 Å². The highest BCUT2D eigenvalue weighted by atomic mass is 35.5. The van der Waals surface area contributed by atoms with E-state index >= 15 is 0 Å². The quantitative estimate of drug-likeness (QED) is 0.583. The average Bonchev–Trinajstić information content (AvgIpc) is 2.61. The summed E-state index contributed by atoms with van der Waals surface area (Å²) in [5, 5.41) is 20.2. The van der Waals surface area contributed by atoms with Gasteiger partial charge in [0.05, 0.1) is 10.5 Å². The van der Waals surface area contributed by atoms with Gasteiger partial charge in [0.15, 0.2) is 6.61 Å². The minimum absolute atomic E-state index is 0.0977. The van der Waals surface area contributed by atoms with Crippen LogP contribution in [0.25, 0.3) is 0 Å². The first kappa shape index (κ1) is 18.2. The van der Waals surface area contributed by atoms with Crippen molar-refractivity contribution >= 4 is 23.2 Å². The molecule has 2 aromatic carbocycles. The molecule has 0 aliphatic rings. The van der Waals surface area contributed by atoms with E-state index in [9.17, 15) is 14.9 Å². The molecule has 0 unspecified atom stereocenters. The van der Waals surface area contributed by atoms with Gasteiger partial charge in [-0.25, -0.2) is 0 Å². The molecule has 7 nitrogen and oxygen atoms in total. The molecule has 0 aliphatic heterocycles. The lowest BCUT2D eigenvalue weighted by Crippen LogP contribution is -2.31. The van der Waals surface area contributed by atoms with Crippen LogP contribution in [0.2, 0.25) is 5.02 Å². The number of likely N-dealkylation sites (N-methyl/N-ethyl adjacent to an activating group) is 1. The molecule has 1 amide bonds. The zero-order valence-corrected chi connectivity index (χ0v) is 14.1. The fraction of sp³-hybridized carbons (Fsp3) is 0.176. The number of nitrogens with zero attached hydrogens (tertiary/aromatic N) is 3. The van der Waals surface area contributed by atoms with Crippen molar-refractivity contribution in [2.24, 2.45) is 0 Å². The van der Waals surface area contributed by atoms with Crippen LogP contribution in [0, 0.1) is 21.4 Å². The highest BCUT2D eigenvalue weighted by molar-refractivity contribution is 6.31. The molecule has 0 radical (unpaired) electrons. The van der Waals surface area contributed by atoms with Gasteiger partial charge in [-0.2, -0.15) is 5.26 Å². The number of non-ortho nitro benzene ring substituents is 1. The number of carbonyl (C=O) groups is 1. The molecule has 0 atom stereocenters. The summed E-state index contributed by atoms with van der Waals surface area (Å²) in [5.74, 6) is -0.0320. The second-order valence-electron chi connectivity index (χ2n) is 5.18. The number of hydrogen-bond acceptors (Lipinski definition) is 5. The SMILES string of the molecule is CN(Cc1cc([N+](=O)[O-])ccc1Cl)C(=O)COc1ccccc1C#N. The molecule has 8 heteroatoms. The number of nitro groups is 1. The number of para-hydroxylation sites is 1. The van der Waals surface area contributed by atoms with Crippen molar-refractivity contribution in [2.45, 2.75) is 6.54 Å². The highest BCUT2D eigenvalue weighted by Crippen LogP contribution is 2.23. The zero-order valence-electron chi connectivity index (χ0n) is 13.3. The Morgan fingerprint density at radius 1 is 1.36 bits per heavy atom. The molecule has 0 fully saturated rings. The Balaban J connectivity index is 2.02. The van der Waals surface area contributed by atoms with E-state index in [1.807, 2.05) is 6.07 Å². The number of rotatable bonds is 6. The summed E-state index contributed by atoms with van der Waals surface area (Å²) in [4.78, 5) is 23.9. The van der Waals surface area contributed by atoms with Crippen LogP contribution < -0.4 is 4.74 Å². The van der Waals surface area contributed by atoms with E-state index in [1.54, 1.807) is 24.3 Å². The van der Waals surface area contributed by atoms with E-state index in [0.717, 1.165) is 0 Å². The third-order valence-corrected chi connectivity index (χ3v) is 3.80. The number of nitro benzene ring substituents is 1. The lowest BCUT2D eigenvalue weighted by Gasteiger charge is -2.18. The number of halogens is 1. The van der Waals surface area contributed by atoms with Crippen LogP contribution in [0.1, 0.15) is 11.1 Å². The lowest BCUT2D eigenvalue weighted by atomic mass is 10.2. The summed E-state index contributed by atoms with van der Waals surface area (Å²) in [6.45, 7) is -0.162. The number of hydrogen-bond donors (Lipinski definition) is 0. The first-order chi connectivity index (χ1) is 11.9. The van der Waals surface area contributed by atoms with Crippen LogP contribution in [0.3, 0.4) is 0 Å². The van der Waals surface area contributed by atoms with Gasteiger partial charge in [-0.15, -0.1) is 0 Å². The van der Waals surface area contributed by atoms with Crippen LogP contribution in [0.4, 0.5) is 5.69 Å². The molecule has 2 rings (SSSR count). The third kappa shape index (κ3) is 4.68. The number of nitriles is 1. The molecule has 0 aliphatic carbocycles. The van der Waals surface area contributed by atoms with E-state index in [2.05, 4.69) is 0 Å². The molecule has 25 heavy (non-hydrogen) atoms. The maximum absolute atomic E-state index is 12.2. The van der Waals surface area contributed by atoms with Gasteiger partial charge >= 0.3 is 0 Å². The Morgan fingerprint density at radius 2 is 2.08 bits per heavy atom. The van der Waals surface area contributed by atoms with Crippen molar-refractivity contribution in [1.82, 2.24) is 4.90 Å². The molecule has 0 aromatic heterocycles. The monoisotopic (exact) mass is 359 g/mol. The smallest absolute Gasteiger partial charge is 0.269 e. The van der Waals surface area contributed by atoms with Crippen molar-refractivity contribution in [3.63, 3.8) is 0 Å². The fourth-order valence-corrected chi connectivity index (χ4v) is 2.25. The summed E-state index contributed by atoms with van der Waals surface area (Å²) < 4.78 is 5.39. The summed E-state index contributed by atoms with van der Waals surface area (Å²) in [7, 11) is 1.54. The molecule has 0 bridgehead atoms. The third-order valence-electron chi connectivity index (χ3n) is 3.43. The van der Waals surface area contributed by atoms with E-state index in [0.29, 0.717) is 21.9 Å². The minimum atomic E-state index is -0.524. The first-order valence-electron chi connectivity index (χ1n) is 7.21.